The molecule has 312 valence electrons. The molecule has 0 aliphatic carbocycles. The highest BCUT2D eigenvalue weighted by Crippen LogP contribution is 2.02. The molecule has 0 radical (unpaired) electrons. The van der Waals surface area contributed by atoms with E-state index in [4.69, 9.17) is 61.6 Å². The smallest absolute Gasteiger partial charge is 0.379 e. The van der Waals surface area contributed by atoms with Gasteiger partial charge in [-0.25, -0.2) is 4.79 Å². The number of carbonyl (C=O) groups is 3. The number of hydrogen-bond donors (Lipinski definition) is 0. The zero-order valence-electron chi connectivity index (χ0n) is 32.2. The van der Waals surface area contributed by atoms with Crippen molar-refractivity contribution in [3.8, 4) is 0 Å². The van der Waals surface area contributed by atoms with Crippen molar-refractivity contribution in [2.75, 3.05) is 159 Å². The van der Waals surface area contributed by atoms with Crippen LogP contribution in [0.4, 0.5) is 0 Å². The van der Waals surface area contributed by atoms with Gasteiger partial charge in [0, 0.05) is 12.0 Å². The molecule has 1 aromatic rings. The van der Waals surface area contributed by atoms with Crippen LogP contribution in [0.25, 0.3) is 0 Å². The second-order valence-corrected chi connectivity index (χ2v) is 11.2. The van der Waals surface area contributed by atoms with Gasteiger partial charge >= 0.3 is 11.9 Å². The Labute approximate surface area is 320 Å². The van der Waals surface area contributed by atoms with Crippen LogP contribution in [-0.2, 0) is 71.2 Å². The fraction of sp³-hybridized carbons (Fsp3) is 0.763. The van der Waals surface area contributed by atoms with E-state index in [0.717, 1.165) is 19.3 Å². The van der Waals surface area contributed by atoms with Gasteiger partial charge in [0.1, 0.15) is 13.2 Å². The number of rotatable bonds is 42. The molecule has 16 nitrogen and oxygen atoms in total. The van der Waals surface area contributed by atoms with Crippen LogP contribution in [0, 0.1) is 0 Å². The van der Waals surface area contributed by atoms with Gasteiger partial charge in [0.25, 0.3) is 5.78 Å². The topological polar surface area (TPSA) is 171 Å². The second kappa shape index (κ2) is 40.1. The number of hydrogen-bond acceptors (Lipinski definition) is 16. The van der Waals surface area contributed by atoms with E-state index in [2.05, 4.69) is 6.92 Å². The molecule has 0 saturated carbocycles. The highest BCUT2D eigenvalue weighted by molar-refractivity contribution is 6.40. The number of ketones is 1. The van der Waals surface area contributed by atoms with Gasteiger partial charge in [-0.15, -0.1) is 0 Å². The van der Waals surface area contributed by atoms with Crippen molar-refractivity contribution < 1.29 is 76.0 Å². The third-order valence-corrected chi connectivity index (χ3v) is 6.88. The second-order valence-electron chi connectivity index (χ2n) is 11.2. The Hall–Kier alpha value is -2.61. The normalized spacial score (nSPS) is 11.2. The first-order valence-electron chi connectivity index (χ1n) is 18.9. The molecule has 1 aromatic carbocycles. The van der Waals surface area contributed by atoms with Crippen molar-refractivity contribution in [3.63, 3.8) is 0 Å². The molecule has 0 spiro atoms. The molecule has 0 N–H and O–H groups in total. The molecule has 0 aromatic heterocycles. The van der Waals surface area contributed by atoms with E-state index in [-0.39, 0.29) is 25.8 Å². The van der Waals surface area contributed by atoms with Crippen LogP contribution in [-0.4, -0.2) is 176 Å². The number of benzene rings is 1. The predicted octanol–water partition coefficient (Wildman–Crippen LogP) is 2.72. The minimum atomic E-state index is -0.901. The fourth-order valence-corrected chi connectivity index (χ4v) is 4.07. The Balaban J connectivity index is 1.65. The van der Waals surface area contributed by atoms with E-state index < -0.39 is 11.8 Å². The summed E-state index contributed by atoms with van der Waals surface area (Å²) in [5.41, 5.74) is 0.292. The average Bonchev–Trinajstić information content (AvgIpc) is 3.19. The Bertz CT molecular complexity index is 983. The summed E-state index contributed by atoms with van der Waals surface area (Å²) < 4.78 is 69.8. The number of Topliss-reactive ketones (excluding diaryl/α,β-unsaturated/α-hetero) is 1. The maximum Gasteiger partial charge on any atom is 0.379 e. The molecule has 0 fully saturated rings. The molecule has 0 unspecified atom stereocenters. The van der Waals surface area contributed by atoms with E-state index in [1.54, 1.807) is 30.3 Å². The number of esters is 2. The van der Waals surface area contributed by atoms with Crippen LogP contribution >= 0.6 is 0 Å². The van der Waals surface area contributed by atoms with Crippen LogP contribution in [0.1, 0.15) is 43.0 Å². The molecule has 16 heteroatoms. The van der Waals surface area contributed by atoms with E-state index in [9.17, 15) is 14.4 Å². The zero-order chi connectivity index (χ0) is 38.8. The maximum absolute atomic E-state index is 11.9. The van der Waals surface area contributed by atoms with Crippen molar-refractivity contribution in [2.24, 2.45) is 0 Å². The highest BCUT2D eigenvalue weighted by atomic mass is 16.6. The molecular formula is C38H64O16. The summed E-state index contributed by atoms with van der Waals surface area (Å²) in [5, 5.41) is 0. The van der Waals surface area contributed by atoms with E-state index in [0.29, 0.717) is 151 Å². The molecule has 0 bridgehead atoms. The van der Waals surface area contributed by atoms with Crippen LogP contribution < -0.4 is 0 Å². The molecule has 0 aliphatic rings. The minimum absolute atomic E-state index is 0.00734. The first-order chi connectivity index (χ1) is 26.6. The third kappa shape index (κ3) is 33.9. The van der Waals surface area contributed by atoms with Gasteiger partial charge in [0.2, 0.25) is 0 Å². The van der Waals surface area contributed by atoms with Crippen molar-refractivity contribution in [1.29, 1.82) is 0 Å². The fourth-order valence-electron chi connectivity index (χ4n) is 4.07. The Morgan fingerprint density at radius 1 is 0.389 bits per heavy atom. The Morgan fingerprint density at radius 3 is 1.00 bits per heavy atom. The summed E-state index contributed by atoms with van der Waals surface area (Å²) in [5.74, 6) is -1.75. The molecular weight excluding hydrogens is 712 g/mol. The molecule has 0 heterocycles. The molecule has 0 saturated heterocycles. The minimum Gasteiger partial charge on any atom is -0.463 e. The van der Waals surface area contributed by atoms with Crippen molar-refractivity contribution >= 4 is 17.7 Å². The third-order valence-electron chi connectivity index (χ3n) is 6.88. The van der Waals surface area contributed by atoms with E-state index in [1.807, 2.05) is 0 Å². The van der Waals surface area contributed by atoms with Gasteiger partial charge in [-0.1, -0.05) is 50.1 Å². The SMILES string of the molecule is CCCCCC(=O)OCCOCCOCCOCCOCCOCCOCCOCCOCCOCCOCCOCCOC(=O)C(=O)c1ccccc1. The lowest BCUT2D eigenvalue weighted by molar-refractivity contribution is -0.145. The average molecular weight is 777 g/mol. The summed E-state index contributed by atoms with van der Waals surface area (Å²) in [4.78, 5) is 35.1. The zero-order valence-corrected chi connectivity index (χ0v) is 32.2. The number of carbonyl (C=O) groups excluding carboxylic acids is 3. The summed E-state index contributed by atoms with van der Waals surface area (Å²) >= 11 is 0. The summed E-state index contributed by atoms with van der Waals surface area (Å²) in [6, 6.07) is 8.25. The largest absolute Gasteiger partial charge is 0.463 e. The Morgan fingerprint density at radius 2 is 0.685 bits per heavy atom. The quantitative estimate of drug-likeness (QED) is 0.0411. The monoisotopic (exact) mass is 776 g/mol. The van der Waals surface area contributed by atoms with E-state index in [1.165, 1.54) is 0 Å². The predicted molar refractivity (Wildman–Crippen MR) is 196 cm³/mol. The Kier molecular flexibility index (Phi) is 36.7. The van der Waals surface area contributed by atoms with Crippen molar-refractivity contribution in [2.45, 2.75) is 32.6 Å². The lowest BCUT2D eigenvalue weighted by Gasteiger charge is -2.09. The van der Waals surface area contributed by atoms with Gasteiger partial charge in [-0.05, 0) is 6.42 Å². The number of ether oxygens (including phenoxy) is 13. The number of unbranched alkanes of at least 4 members (excludes halogenated alkanes) is 2. The molecule has 0 atom stereocenters. The van der Waals surface area contributed by atoms with Gasteiger partial charge in [0.15, 0.2) is 0 Å². The van der Waals surface area contributed by atoms with E-state index >= 15 is 0 Å². The van der Waals surface area contributed by atoms with Crippen LogP contribution in [0.3, 0.4) is 0 Å². The molecule has 1 rings (SSSR count). The van der Waals surface area contributed by atoms with Gasteiger partial charge in [-0.2, -0.15) is 0 Å². The first-order valence-corrected chi connectivity index (χ1v) is 18.9. The van der Waals surface area contributed by atoms with Gasteiger partial charge in [0.05, 0.1) is 145 Å². The van der Waals surface area contributed by atoms with Gasteiger partial charge < -0.3 is 61.6 Å². The molecule has 0 aliphatic heterocycles. The van der Waals surface area contributed by atoms with Gasteiger partial charge in [-0.3, -0.25) is 9.59 Å². The van der Waals surface area contributed by atoms with Crippen molar-refractivity contribution in [3.05, 3.63) is 35.9 Å². The molecule has 0 amide bonds. The first kappa shape index (κ1) is 49.4. The lowest BCUT2D eigenvalue weighted by atomic mass is 10.1. The van der Waals surface area contributed by atoms with Crippen molar-refractivity contribution in [1.82, 2.24) is 0 Å². The molecule has 54 heavy (non-hydrogen) atoms. The summed E-state index contributed by atoms with van der Waals surface area (Å²) in [7, 11) is 0. The van der Waals surface area contributed by atoms with Crippen LogP contribution in [0.5, 0.6) is 0 Å². The maximum atomic E-state index is 11.9. The summed E-state index contributed by atoms with van der Waals surface area (Å²) in [6.45, 7) is 12.0. The highest BCUT2D eigenvalue weighted by Gasteiger charge is 2.17. The van der Waals surface area contributed by atoms with Crippen LogP contribution in [0.2, 0.25) is 0 Å². The van der Waals surface area contributed by atoms with Crippen LogP contribution in [0.15, 0.2) is 30.3 Å². The lowest BCUT2D eigenvalue weighted by Crippen LogP contribution is -2.20. The standard InChI is InChI=1S/C38H64O16/c1-2-3-5-10-36(39)53-33-31-51-29-27-49-25-23-47-21-19-45-17-15-43-13-11-42-12-14-44-16-18-46-20-22-48-24-26-50-28-30-52-32-34-54-38(41)37(40)35-8-6-4-7-9-35/h4,6-9H,2-3,5,10-34H2,1H3. The summed E-state index contributed by atoms with van der Waals surface area (Å²) in [6.07, 6.45) is 3.46.